The Kier molecular flexibility index (Phi) is 5.98. The molecule has 5 nitrogen and oxygen atoms in total. The molecule has 0 saturated heterocycles. The van der Waals surface area contributed by atoms with Crippen molar-refractivity contribution in [3.63, 3.8) is 0 Å². The van der Waals surface area contributed by atoms with Gasteiger partial charge in [-0.25, -0.2) is 0 Å². The minimum Gasteiger partial charge on any atom is -0.480 e. The summed E-state index contributed by atoms with van der Waals surface area (Å²) in [6, 6.07) is -0.845. The fourth-order valence-corrected chi connectivity index (χ4v) is 0.874. The summed E-state index contributed by atoms with van der Waals surface area (Å²) in [6.07, 6.45) is 0.934. The zero-order valence-corrected chi connectivity index (χ0v) is 8.76. The zero-order chi connectivity index (χ0) is 11.1. The number of rotatable bonds is 6. The highest BCUT2D eigenvalue weighted by atomic mass is 32.1. The molecule has 0 aromatic carbocycles. The van der Waals surface area contributed by atoms with Gasteiger partial charge in [-0.15, -0.1) is 0 Å². The third-order valence-corrected chi connectivity index (χ3v) is 2.05. The van der Waals surface area contributed by atoms with Crippen LogP contribution in [-0.4, -0.2) is 34.4 Å². The number of aliphatic carboxylic acids is 1. The van der Waals surface area contributed by atoms with Crippen molar-refractivity contribution >= 4 is 29.0 Å². The molecule has 1 atom stereocenters. The van der Waals surface area contributed by atoms with E-state index in [0.29, 0.717) is 19.4 Å². The number of thiocarbonyl (C=S) groups is 1. The van der Waals surface area contributed by atoms with Gasteiger partial charge in [0.25, 0.3) is 0 Å². The van der Waals surface area contributed by atoms with Crippen LogP contribution in [0.25, 0.3) is 0 Å². The molecule has 1 unspecified atom stereocenters. The maximum Gasteiger partial charge on any atom is 0.320 e. The Morgan fingerprint density at radius 3 is 2.57 bits per heavy atom. The van der Waals surface area contributed by atoms with Gasteiger partial charge < -0.3 is 16.2 Å². The van der Waals surface area contributed by atoms with Crippen molar-refractivity contribution < 1.29 is 14.7 Å². The first-order valence-corrected chi connectivity index (χ1v) is 4.63. The summed E-state index contributed by atoms with van der Waals surface area (Å²) in [6.45, 7) is 1.84. The molecule has 0 aliphatic rings. The van der Waals surface area contributed by atoms with Gasteiger partial charge in [0.1, 0.15) is 11.0 Å². The number of carbonyl (C=O) groups is 2. The van der Waals surface area contributed by atoms with Crippen molar-refractivity contribution in [2.75, 3.05) is 6.54 Å². The largest absolute Gasteiger partial charge is 0.480 e. The molecular weight excluding hydrogens is 204 g/mol. The monoisotopic (exact) mass is 218 g/mol. The fourth-order valence-electron chi connectivity index (χ4n) is 0.772. The molecule has 80 valence electrons. The van der Waals surface area contributed by atoms with Crippen LogP contribution >= 0.6 is 12.2 Å². The number of Topliss-reactive ketones (excluding diaryl/α,β-unsaturated/α-hetero) is 1. The van der Waals surface area contributed by atoms with Crippen LogP contribution in [0.2, 0.25) is 0 Å². The highest BCUT2D eigenvalue weighted by Gasteiger charge is 2.10. The van der Waals surface area contributed by atoms with Gasteiger partial charge in [0, 0.05) is 13.5 Å². The molecule has 0 heterocycles. The summed E-state index contributed by atoms with van der Waals surface area (Å²) in [5, 5.41) is 11.2. The third kappa shape index (κ3) is 5.60. The van der Waals surface area contributed by atoms with E-state index in [1.54, 1.807) is 0 Å². The molecule has 0 aliphatic carbocycles. The van der Waals surface area contributed by atoms with Gasteiger partial charge in [0.2, 0.25) is 0 Å². The molecule has 0 amide bonds. The number of carboxylic acid groups (broad SMARTS) is 1. The summed E-state index contributed by atoms with van der Waals surface area (Å²) in [5.41, 5.74) is 5.27. The molecule has 14 heavy (non-hydrogen) atoms. The van der Waals surface area contributed by atoms with Crippen molar-refractivity contribution in [1.29, 1.82) is 0 Å². The first-order chi connectivity index (χ1) is 6.45. The van der Waals surface area contributed by atoms with E-state index in [1.165, 1.54) is 6.92 Å². The van der Waals surface area contributed by atoms with Crippen molar-refractivity contribution in [3.05, 3.63) is 0 Å². The predicted molar refractivity (Wildman–Crippen MR) is 56.1 cm³/mol. The molecule has 0 bridgehead atoms. The first kappa shape index (κ1) is 13.0. The van der Waals surface area contributed by atoms with Gasteiger partial charge in [-0.3, -0.25) is 9.59 Å². The van der Waals surface area contributed by atoms with Crippen molar-refractivity contribution in [2.24, 2.45) is 5.73 Å². The van der Waals surface area contributed by atoms with E-state index in [4.69, 9.17) is 23.1 Å². The van der Waals surface area contributed by atoms with E-state index in [-0.39, 0.29) is 10.8 Å². The number of hydrogen-bond acceptors (Lipinski definition) is 4. The highest BCUT2D eigenvalue weighted by molar-refractivity contribution is 7.82. The molecule has 6 heteroatoms. The molecule has 0 aromatic rings. The van der Waals surface area contributed by atoms with Crippen LogP contribution in [0.3, 0.4) is 0 Å². The molecule has 0 saturated carbocycles. The number of carboxylic acids is 1. The predicted octanol–water partition coefficient (Wildman–Crippen LogP) is -0.315. The van der Waals surface area contributed by atoms with E-state index in [1.807, 2.05) is 0 Å². The van der Waals surface area contributed by atoms with E-state index in [9.17, 15) is 9.59 Å². The summed E-state index contributed by atoms with van der Waals surface area (Å²) in [4.78, 5) is 21.1. The third-order valence-electron chi connectivity index (χ3n) is 1.61. The molecule has 0 spiro atoms. The minimum atomic E-state index is -1.01. The van der Waals surface area contributed by atoms with Gasteiger partial charge in [0.15, 0.2) is 5.78 Å². The maximum absolute atomic E-state index is 10.7. The molecule has 4 N–H and O–H groups in total. The van der Waals surface area contributed by atoms with Gasteiger partial charge in [-0.05, 0) is 12.8 Å². The minimum absolute atomic E-state index is 0.175. The lowest BCUT2D eigenvalue weighted by Gasteiger charge is -2.07. The topological polar surface area (TPSA) is 92.4 Å². The van der Waals surface area contributed by atoms with Crippen molar-refractivity contribution in [1.82, 2.24) is 5.32 Å². The number of nitrogens with one attached hydrogen (secondary N) is 1. The normalized spacial score (nSPS) is 11.9. The molecule has 0 radical (unpaired) electrons. The van der Waals surface area contributed by atoms with Gasteiger partial charge in [0.05, 0.1) is 0 Å². The zero-order valence-electron chi connectivity index (χ0n) is 7.95. The molecule has 0 aromatic heterocycles. The second kappa shape index (κ2) is 6.44. The second-order valence-electron chi connectivity index (χ2n) is 2.90. The Morgan fingerprint density at radius 2 is 2.14 bits per heavy atom. The van der Waals surface area contributed by atoms with Gasteiger partial charge >= 0.3 is 5.97 Å². The van der Waals surface area contributed by atoms with E-state index in [2.05, 4.69) is 5.32 Å². The Labute approximate surface area is 87.7 Å². The second-order valence-corrected chi connectivity index (χ2v) is 3.31. The average molecular weight is 218 g/mol. The van der Waals surface area contributed by atoms with E-state index in [0.717, 1.165) is 0 Å². The van der Waals surface area contributed by atoms with Crippen LogP contribution in [-0.2, 0) is 9.59 Å². The van der Waals surface area contributed by atoms with E-state index >= 15 is 0 Å². The number of hydrogen-bond donors (Lipinski definition) is 3. The number of ketones is 1. The lowest BCUT2D eigenvalue weighted by atomic mass is 10.2. The Hall–Kier alpha value is -1.01. The van der Waals surface area contributed by atoms with Crippen LogP contribution < -0.4 is 11.1 Å². The van der Waals surface area contributed by atoms with Crippen LogP contribution in [0.4, 0.5) is 0 Å². The van der Waals surface area contributed by atoms with E-state index < -0.39 is 12.0 Å². The van der Waals surface area contributed by atoms with Crippen LogP contribution in [0.1, 0.15) is 19.8 Å². The van der Waals surface area contributed by atoms with Gasteiger partial charge in [-0.1, -0.05) is 12.2 Å². The molecular formula is C8H14N2O3S. The van der Waals surface area contributed by atoms with Crippen molar-refractivity contribution in [3.8, 4) is 0 Å². The highest BCUT2D eigenvalue weighted by Crippen LogP contribution is 1.93. The van der Waals surface area contributed by atoms with Crippen LogP contribution in [0.5, 0.6) is 0 Å². The van der Waals surface area contributed by atoms with Crippen molar-refractivity contribution in [2.45, 2.75) is 25.8 Å². The molecule has 0 rings (SSSR count). The Morgan fingerprint density at radius 1 is 1.57 bits per heavy atom. The fraction of sp³-hybridized carbons (Fsp3) is 0.625. The average Bonchev–Trinajstić information content (AvgIpc) is 2.11. The Bertz CT molecular complexity index is 243. The first-order valence-electron chi connectivity index (χ1n) is 4.22. The summed E-state index contributed by atoms with van der Waals surface area (Å²) in [7, 11) is 0. The quantitative estimate of drug-likeness (QED) is 0.418. The van der Waals surface area contributed by atoms with Crippen LogP contribution in [0.15, 0.2) is 0 Å². The lowest BCUT2D eigenvalue weighted by molar-refractivity contribution is -0.138. The smallest absolute Gasteiger partial charge is 0.320 e. The number of carbonyl (C=O) groups excluding carboxylic acids is 1. The summed E-state index contributed by atoms with van der Waals surface area (Å²) >= 11 is 4.70. The summed E-state index contributed by atoms with van der Waals surface area (Å²) < 4.78 is 0. The Balaban J connectivity index is 3.52. The standard InChI is InChI=1S/C8H14N2O3S/c1-5(11)7(14)10-4-2-3-6(9)8(12)13/h6H,2-4,9H2,1H3,(H,10,14)(H,12,13). The van der Waals surface area contributed by atoms with Crippen LogP contribution in [0, 0.1) is 0 Å². The SMILES string of the molecule is CC(=O)C(=S)NCCCC(N)C(=O)O. The molecule has 0 fully saturated rings. The molecule has 0 aliphatic heterocycles. The lowest BCUT2D eigenvalue weighted by Crippen LogP contribution is -2.32. The summed E-state index contributed by atoms with van der Waals surface area (Å²) in [5.74, 6) is -1.21. The maximum atomic E-state index is 10.7. The number of nitrogens with two attached hydrogens (primary N) is 1. The van der Waals surface area contributed by atoms with Gasteiger partial charge in [-0.2, -0.15) is 0 Å².